The molecular weight excluding hydrogens is 98.1 g/mol. The van der Waals surface area contributed by atoms with E-state index in [0.717, 1.165) is 13.0 Å². The van der Waals surface area contributed by atoms with Crippen molar-refractivity contribution in [1.82, 2.24) is 0 Å². The first-order valence-electron chi connectivity index (χ1n) is 3.06. The molecule has 0 amide bonds. The maximum absolute atomic E-state index is 4.00. The third kappa shape index (κ3) is 5.41. The number of aliphatic imine (C=N–C) groups is 1. The molecular formula is C7H13N. The van der Waals surface area contributed by atoms with Crippen LogP contribution < -0.4 is 0 Å². The quantitative estimate of drug-likeness (QED) is 0.494. The van der Waals surface area contributed by atoms with Gasteiger partial charge in [-0.3, -0.25) is 4.99 Å². The van der Waals surface area contributed by atoms with Gasteiger partial charge in [0, 0.05) is 12.8 Å². The minimum Gasteiger partial charge on any atom is -0.293 e. The summed E-state index contributed by atoms with van der Waals surface area (Å²) in [6.07, 6.45) is 6.99. The van der Waals surface area contributed by atoms with Gasteiger partial charge in [0.15, 0.2) is 0 Å². The first-order chi connectivity index (χ1) is 3.91. The predicted octanol–water partition coefficient (Wildman–Crippen LogP) is 2.04. The van der Waals surface area contributed by atoms with Crippen LogP contribution in [0.4, 0.5) is 0 Å². The highest BCUT2D eigenvalue weighted by molar-refractivity contribution is 5.70. The van der Waals surface area contributed by atoms with E-state index in [9.17, 15) is 0 Å². The number of nitrogens with zero attached hydrogens (tertiary/aromatic N) is 1. The SMILES string of the molecule is CC/C=C/C=NCC. The first-order valence-corrected chi connectivity index (χ1v) is 3.06. The summed E-state index contributed by atoms with van der Waals surface area (Å²) in [6, 6.07) is 0. The van der Waals surface area contributed by atoms with Gasteiger partial charge < -0.3 is 0 Å². The van der Waals surface area contributed by atoms with Gasteiger partial charge >= 0.3 is 0 Å². The van der Waals surface area contributed by atoms with E-state index in [1.807, 2.05) is 19.2 Å². The van der Waals surface area contributed by atoms with Crippen molar-refractivity contribution < 1.29 is 0 Å². The third-order valence-corrected chi connectivity index (χ3v) is 0.746. The van der Waals surface area contributed by atoms with Gasteiger partial charge in [0.1, 0.15) is 0 Å². The maximum atomic E-state index is 4.00. The molecule has 0 rings (SSSR count). The van der Waals surface area contributed by atoms with Crippen molar-refractivity contribution in [3.63, 3.8) is 0 Å². The number of hydrogen-bond acceptors (Lipinski definition) is 1. The smallest absolute Gasteiger partial charge is 0.0360 e. The Morgan fingerprint density at radius 1 is 1.38 bits per heavy atom. The van der Waals surface area contributed by atoms with Crippen molar-refractivity contribution in [3.8, 4) is 0 Å². The van der Waals surface area contributed by atoms with Gasteiger partial charge in [0.2, 0.25) is 0 Å². The van der Waals surface area contributed by atoms with Gasteiger partial charge in [-0.25, -0.2) is 0 Å². The predicted molar refractivity (Wildman–Crippen MR) is 38.5 cm³/mol. The zero-order chi connectivity index (χ0) is 6.24. The third-order valence-electron chi connectivity index (χ3n) is 0.746. The van der Waals surface area contributed by atoms with Crippen molar-refractivity contribution in [2.24, 2.45) is 4.99 Å². The summed E-state index contributed by atoms with van der Waals surface area (Å²) in [6.45, 7) is 5.01. The minimum absolute atomic E-state index is 0.883. The Morgan fingerprint density at radius 2 is 2.12 bits per heavy atom. The summed E-state index contributed by atoms with van der Waals surface area (Å²) in [4.78, 5) is 4.00. The molecule has 0 N–H and O–H groups in total. The molecule has 8 heavy (non-hydrogen) atoms. The zero-order valence-corrected chi connectivity index (χ0v) is 5.59. The van der Waals surface area contributed by atoms with Gasteiger partial charge in [-0.1, -0.05) is 13.0 Å². The Morgan fingerprint density at radius 3 is 2.62 bits per heavy atom. The molecule has 0 aromatic heterocycles. The number of hydrogen-bond donors (Lipinski definition) is 0. The van der Waals surface area contributed by atoms with Crippen molar-refractivity contribution >= 4 is 6.21 Å². The molecule has 0 radical (unpaired) electrons. The van der Waals surface area contributed by atoms with E-state index in [-0.39, 0.29) is 0 Å². The highest BCUT2D eigenvalue weighted by Crippen LogP contribution is 1.75. The molecule has 1 heteroatoms. The van der Waals surface area contributed by atoms with Crippen molar-refractivity contribution in [3.05, 3.63) is 12.2 Å². The summed E-state index contributed by atoms with van der Waals surface area (Å²) in [5.41, 5.74) is 0. The first kappa shape index (κ1) is 7.41. The van der Waals surface area contributed by atoms with Crippen LogP contribution in [-0.2, 0) is 0 Å². The van der Waals surface area contributed by atoms with Gasteiger partial charge in [-0.2, -0.15) is 0 Å². The van der Waals surface area contributed by atoms with E-state index in [2.05, 4.69) is 18.0 Å². The molecule has 0 unspecified atom stereocenters. The molecule has 0 aliphatic rings. The van der Waals surface area contributed by atoms with Crippen LogP contribution in [-0.4, -0.2) is 12.8 Å². The lowest BCUT2D eigenvalue weighted by atomic mass is 10.4. The molecule has 0 saturated heterocycles. The molecule has 0 aliphatic carbocycles. The molecule has 0 aromatic carbocycles. The Kier molecular flexibility index (Phi) is 5.94. The molecule has 46 valence electrons. The molecule has 0 heterocycles. The van der Waals surface area contributed by atoms with Gasteiger partial charge in [0.05, 0.1) is 0 Å². The maximum Gasteiger partial charge on any atom is 0.0360 e. The van der Waals surface area contributed by atoms with E-state index < -0.39 is 0 Å². The summed E-state index contributed by atoms with van der Waals surface area (Å²) in [5, 5.41) is 0. The monoisotopic (exact) mass is 111 g/mol. The fourth-order valence-electron chi connectivity index (χ4n) is 0.363. The minimum atomic E-state index is 0.883. The van der Waals surface area contributed by atoms with Crippen LogP contribution in [0.1, 0.15) is 20.3 Å². The Labute approximate surface area is 51.1 Å². The average Bonchev–Trinajstić information content (AvgIpc) is 1.81. The normalized spacial score (nSPS) is 11.8. The largest absolute Gasteiger partial charge is 0.293 e. The molecule has 0 atom stereocenters. The zero-order valence-electron chi connectivity index (χ0n) is 5.59. The Bertz CT molecular complexity index is 70.4. The molecule has 0 bridgehead atoms. The Balaban J connectivity index is 3.13. The molecule has 0 spiro atoms. The van der Waals surface area contributed by atoms with Crippen LogP contribution in [0.3, 0.4) is 0 Å². The van der Waals surface area contributed by atoms with E-state index in [4.69, 9.17) is 0 Å². The van der Waals surface area contributed by atoms with Crippen LogP contribution in [0.2, 0.25) is 0 Å². The molecule has 1 nitrogen and oxygen atoms in total. The number of allylic oxidation sites excluding steroid dienone is 2. The standard InChI is InChI=1S/C7H13N/c1-3-5-6-7-8-4-2/h5-7H,3-4H2,1-2H3/b6-5+,8-7?. The van der Waals surface area contributed by atoms with Gasteiger partial charge in [-0.15, -0.1) is 0 Å². The molecule has 0 aliphatic heterocycles. The van der Waals surface area contributed by atoms with Crippen LogP contribution in [0, 0.1) is 0 Å². The Hall–Kier alpha value is -0.590. The van der Waals surface area contributed by atoms with E-state index >= 15 is 0 Å². The highest BCUT2D eigenvalue weighted by Gasteiger charge is 1.61. The average molecular weight is 111 g/mol. The summed E-state index contributed by atoms with van der Waals surface area (Å²) in [7, 11) is 0. The highest BCUT2D eigenvalue weighted by atomic mass is 14.7. The molecule has 0 aromatic rings. The molecule has 0 saturated carbocycles. The summed E-state index contributed by atoms with van der Waals surface area (Å²) in [5.74, 6) is 0. The molecule has 0 fully saturated rings. The lowest BCUT2D eigenvalue weighted by Gasteiger charge is -1.75. The number of rotatable bonds is 3. The van der Waals surface area contributed by atoms with Crippen molar-refractivity contribution in [2.45, 2.75) is 20.3 Å². The van der Waals surface area contributed by atoms with E-state index in [1.165, 1.54) is 0 Å². The summed E-state index contributed by atoms with van der Waals surface area (Å²) < 4.78 is 0. The lowest BCUT2D eigenvalue weighted by molar-refractivity contribution is 1.14. The van der Waals surface area contributed by atoms with E-state index in [1.54, 1.807) is 0 Å². The van der Waals surface area contributed by atoms with Crippen LogP contribution >= 0.6 is 0 Å². The van der Waals surface area contributed by atoms with Crippen molar-refractivity contribution in [1.29, 1.82) is 0 Å². The second-order valence-electron chi connectivity index (χ2n) is 1.48. The van der Waals surface area contributed by atoms with Crippen LogP contribution in [0.25, 0.3) is 0 Å². The van der Waals surface area contributed by atoms with Crippen LogP contribution in [0.5, 0.6) is 0 Å². The summed E-state index contributed by atoms with van der Waals surface area (Å²) >= 11 is 0. The second-order valence-corrected chi connectivity index (χ2v) is 1.48. The van der Waals surface area contributed by atoms with Gasteiger partial charge in [0.25, 0.3) is 0 Å². The fourth-order valence-corrected chi connectivity index (χ4v) is 0.363. The van der Waals surface area contributed by atoms with Gasteiger partial charge in [-0.05, 0) is 19.4 Å². The second kappa shape index (κ2) is 6.41. The van der Waals surface area contributed by atoms with E-state index in [0.29, 0.717) is 0 Å². The topological polar surface area (TPSA) is 12.4 Å². The van der Waals surface area contributed by atoms with Crippen LogP contribution in [0.15, 0.2) is 17.1 Å². The van der Waals surface area contributed by atoms with Crippen molar-refractivity contribution in [2.75, 3.05) is 6.54 Å². The fraction of sp³-hybridized carbons (Fsp3) is 0.571. The lowest BCUT2D eigenvalue weighted by Crippen LogP contribution is -1.67.